The van der Waals surface area contributed by atoms with Crippen molar-refractivity contribution in [2.24, 2.45) is 5.92 Å². The van der Waals surface area contributed by atoms with E-state index in [0.717, 1.165) is 64.8 Å². The molecule has 1 fully saturated rings. The second kappa shape index (κ2) is 11.6. The molecule has 2 aromatic rings. The molecule has 0 saturated carbocycles. The van der Waals surface area contributed by atoms with Gasteiger partial charge < -0.3 is 23.8 Å². The second-order valence-electron chi connectivity index (χ2n) is 8.40. The van der Waals surface area contributed by atoms with Crippen molar-refractivity contribution in [1.29, 1.82) is 0 Å². The highest BCUT2D eigenvalue weighted by Gasteiger charge is 2.22. The Hall–Kier alpha value is -1.47. The number of fused-ring (bicyclic) bond motifs is 1. The summed E-state index contributed by atoms with van der Waals surface area (Å²) in [5.74, 6) is 3.15. The van der Waals surface area contributed by atoms with Crippen molar-refractivity contribution in [2.45, 2.75) is 25.7 Å². The van der Waals surface area contributed by atoms with Gasteiger partial charge in [0.25, 0.3) is 0 Å². The zero-order chi connectivity index (χ0) is 22.3. The number of halogens is 2. The van der Waals surface area contributed by atoms with Gasteiger partial charge in [0.05, 0.1) is 11.1 Å². The summed E-state index contributed by atoms with van der Waals surface area (Å²) >= 11 is 10.2. The molecule has 0 bridgehead atoms. The summed E-state index contributed by atoms with van der Waals surface area (Å²) in [5.41, 5.74) is 2.45. The number of methoxy groups -OCH3 is 1. The maximum Gasteiger partial charge on any atom is 0.162 e. The Kier molecular flexibility index (Phi) is 8.58. The standard InChI is InChI=1S/C25H31BrClNO4/c1-29-11-12-30-22-4-2-3-20(25(22)26)15-18-5-8-28(9-6-18)10-7-19-16-23-24(17-21(19)27)32-14-13-31-23/h2-4,16-18H,5-15H2,1H3. The normalized spacial score (nSPS) is 16.8. The second-order valence-corrected chi connectivity index (χ2v) is 9.60. The molecule has 32 heavy (non-hydrogen) atoms. The van der Waals surface area contributed by atoms with Crippen LogP contribution in [0.3, 0.4) is 0 Å². The number of hydrogen-bond donors (Lipinski definition) is 0. The molecule has 2 aliphatic heterocycles. The Bertz CT molecular complexity index is 902. The molecule has 4 rings (SSSR count). The Morgan fingerprint density at radius 1 is 1.06 bits per heavy atom. The molecule has 0 N–H and O–H groups in total. The maximum absolute atomic E-state index is 6.48. The van der Waals surface area contributed by atoms with Gasteiger partial charge in [-0.2, -0.15) is 0 Å². The van der Waals surface area contributed by atoms with Crippen molar-refractivity contribution in [3.8, 4) is 17.2 Å². The molecule has 2 heterocycles. The van der Waals surface area contributed by atoms with Crippen LogP contribution in [0.2, 0.25) is 5.02 Å². The lowest BCUT2D eigenvalue weighted by atomic mass is 9.90. The van der Waals surface area contributed by atoms with Crippen LogP contribution in [-0.2, 0) is 17.6 Å². The van der Waals surface area contributed by atoms with Gasteiger partial charge in [0, 0.05) is 24.7 Å². The van der Waals surface area contributed by atoms with Gasteiger partial charge >= 0.3 is 0 Å². The molecule has 5 nitrogen and oxygen atoms in total. The van der Waals surface area contributed by atoms with E-state index in [2.05, 4.69) is 33.0 Å². The van der Waals surface area contributed by atoms with Gasteiger partial charge in [-0.15, -0.1) is 0 Å². The van der Waals surface area contributed by atoms with E-state index in [0.29, 0.717) is 32.3 Å². The fourth-order valence-corrected chi connectivity index (χ4v) is 5.15. The SMILES string of the molecule is COCCOc1cccc(CC2CCN(CCc3cc4c(cc3Cl)OCCO4)CC2)c1Br. The average Bonchev–Trinajstić information content (AvgIpc) is 2.81. The molecule has 0 atom stereocenters. The van der Waals surface area contributed by atoms with Crippen molar-refractivity contribution in [3.05, 3.63) is 51.0 Å². The zero-order valence-electron chi connectivity index (χ0n) is 18.6. The van der Waals surface area contributed by atoms with Crippen LogP contribution in [0.15, 0.2) is 34.8 Å². The minimum Gasteiger partial charge on any atom is -0.490 e. The Labute approximate surface area is 204 Å². The number of piperidine rings is 1. The van der Waals surface area contributed by atoms with Gasteiger partial charge in [0.15, 0.2) is 11.5 Å². The molecular formula is C25H31BrClNO4. The Balaban J connectivity index is 1.26. The lowest BCUT2D eigenvalue weighted by Gasteiger charge is -2.32. The molecule has 7 heteroatoms. The van der Waals surface area contributed by atoms with E-state index in [1.54, 1.807) is 7.11 Å². The summed E-state index contributed by atoms with van der Waals surface area (Å²) in [6, 6.07) is 10.2. The average molecular weight is 525 g/mol. The van der Waals surface area contributed by atoms with Crippen LogP contribution in [0.4, 0.5) is 0 Å². The largest absolute Gasteiger partial charge is 0.490 e. The Morgan fingerprint density at radius 3 is 2.56 bits per heavy atom. The van der Waals surface area contributed by atoms with Crippen molar-refractivity contribution in [2.75, 3.05) is 53.2 Å². The van der Waals surface area contributed by atoms with Crippen LogP contribution in [-0.4, -0.2) is 58.1 Å². The summed E-state index contributed by atoms with van der Waals surface area (Å²) < 4.78 is 23.3. The van der Waals surface area contributed by atoms with E-state index in [1.807, 2.05) is 18.2 Å². The highest BCUT2D eigenvalue weighted by Crippen LogP contribution is 2.36. The fraction of sp³-hybridized carbons (Fsp3) is 0.520. The predicted octanol–water partition coefficient (Wildman–Crippen LogP) is 5.40. The molecule has 0 amide bonds. The van der Waals surface area contributed by atoms with E-state index in [-0.39, 0.29) is 0 Å². The highest BCUT2D eigenvalue weighted by molar-refractivity contribution is 9.10. The molecule has 2 aliphatic rings. The van der Waals surface area contributed by atoms with E-state index < -0.39 is 0 Å². The summed E-state index contributed by atoms with van der Waals surface area (Å²) in [5, 5.41) is 0.765. The number of likely N-dealkylation sites (tertiary alicyclic amines) is 1. The molecule has 0 unspecified atom stereocenters. The maximum atomic E-state index is 6.48. The molecule has 174 valence electrons. The smallest absolute Gasteiger partial charge is 0.162 e. The summed E-state index contributed by atoms with van der Waals surface area (Å²) in [4.78, 5) is 2.54. The monoisotopic (exact) mass is 523 g/mol. The van der Waals surface area contributed by atoms with E-state index in [1.165, 1.54) is 18.4 Å². The van der Waals surface area contributed by atoms with Crippen molar-refractivity contribution < 1.29 is 18.9 Å². The van der Waals surface area contributed by atoms with Gasteiger partial charge in [-0.1, -0.05) is 23.7 Å². The number of rotatable bonds is 9. The third-order valence-electron chi connectivity index (χ3n) is 6.21. The topological polar surface area (TPSA) is 40.2 Å². The molecule has 0 radical (unpaired) electrons. The van der Waals surface area contributed by atoms with E-state index >= 15 is 0 Å². The molecule has 0 aliphatic carbocycles. The third-order valence-corrected chi connectivity index (χ3v) is 7.46. The van der Waals surface area contributed by atoms with Gasteiger partial charge in [-0.3, -0.25) is 0 Å². The molecular weight excluding hydrogens is 494 g/mol. The highest BCUT2D eigenvalue weighted by atomic mass is 79.9. The van der Waals surface area contributed by atoms with Crippen LogP contribution in [0.25, 0.3) is 0 Å². The zero-order valence-corrected chi connectivity index (χ0v) is 20.9. The number of ether oxygens (including phenoxy) is 4. The summed E-state index contributed by atoms with van der Waals surface area (Å²) in [6.07, 6.45) is 4.41. The molecule has 0 spiro atoms. The molecule has 1 saturated heterocycles. The van der Waals surface area contributed by atoms with Crippen LogP contribution in [0.5, 0.6) is 17.2 Å². The minimum absolute atomic E-state index is 0.560. The van der Waals surface area contributed by atoms with Gasteiger partial charge in [-0.25, -0.2) is 0 Å². The first-order valence-corrected chi connectivity index (χ1v) is 12.5. The predicted molar refractivity (Wildman–Crippen MR) is 131 cm³/mol. The van der Waals surface area contributed by atoms with Gasteiger partial charge in [-0.05, 0) is 83.9 Å². The first-order chi connectivity index (χ1) is 15.6. The lowest BCUT2D eigenvalue weighted by molar-refractivity contribution is 0.146. The van der Waals surface area contributed by atoms with E-state index in [9.17, 15) is 0 Å². The molecule has 0 aromatic heterocycles. The number of benzene rings is 2. The van der Waals surface area contributed by atoms with Gasteiger partial charge in [0.2, 0.25) is 0 Å². The first kappa shape index (κ1) is 23.7. The van der Waals surface area contributed by atoms with E-state index in [4.69, 9.17) is 30.5 Å². The number of hydrogen-bond acceptors (Lipinski definition) is 5. The lowest BCUT2D eigenvalue weighted by Crippen LogP contribution is -2.35. The minimum atomic E-state index is 0.560. The molecule has 2 aromatic carbocycles. The van der Waals surface area contributed by atoms with Crippen molar-refractivity contribution in [1.82, 2.24) is 4.90 Å². The van der Waals surface area contributed by atoms with Crippen LogP contribution in [0, 0.1) is 5.92 Å². The summed E-state index contributed by atoms with van der Waals surface area (Å²) in [7, 11) is 1.69. The summed E-state index contributed by atoms with van der Waals surface area (Å²) in [6.45, 7) is 5.58. The number of nitrogens with zero attached hydrogens (tertiary/aromatic N) is 1. The third kappa shape index (κ3) is 6.10. The van der Waals surface area contributed by atoms with Crippen LogP contribution < -0.4 is 14.2 Å². The van der Waals surface area contributed by atoms with Crippen molar-refractivity contribution in [3.63, 3.8) is 0 Å². The van der Waals surface area contributed by atoms with Crippen molar-refractivity contribution >= 4 is 27.5 Å². The quantitative estimate of drug-likeness (QED) is 0.411. The van der Waals surface area contributed by atoms with Crippen LogP contribution in [0.1, 0.15) is 24.0 Å². The fourth-order valence-electron chi connectivity index (χ4n) is 4.36. The van der Waals surface area contributed by atoms with Gasteiger partial charge in [0.1, 0.15) is 25.6 Å². The van der Waals surface area contributed by atoms with Crippen LogP contribution >= 0.6 is 27.5 Å². The first-order valence-electron chi connectivity index (χ1n) is 11.3. The Morgan fingerprint density at radius 2 is 1.81 bits per heavy atom.